The van der Waals surface area contributed by atoms with Gasteiger partial charge in [-0.2, -0.15) is 0 Å². The Hall–Kier alpha value is -1.67. The van der Waals surface area contributed by atoms with Crippen LogP contribution in [0.25, 0.3) is 16.6 Å². The van der Waals surface area contributed by atoms with Crippen LogP contribution >= 0.6 is 11.3 Å². The minimum Gasteiger partial charge on any atom is -0.588 e. The number of nitrogens with zero attached hydrogens (tertiary/aromatic N) is 4. The summed E-state index contributed by atoms with van der Waals surface area (Å²) in [6, 6.07) is 4.19. The van der Waals surface area contributed by atoms with Gasteiger partial charge in [-0.1, -0.05) is 19.9 Å². The van der Waals surface area contributed by atoms with Gasteiger partial charge in [-0.15, -0.1) is 17.9 Å². The van der Waals surface area contributed by atoms with E-state index in [-0.39, 0.29) is 38.1 Å². The standard InChI is InChI=1S/C25H31N6S.Y/c1-5-11-25(3,16-26-4)24-29-15-22(32-24)30-31-23-19-8-7-9-21(19)28-14-20(23)17-10-12-27-18(6-2)13-17;/h5,10,12-15,26H,1,6-9,11,16H2,2-4H3,(H,28,31);/q-1;. The summed E-state index contributed by atoms with van der Waals surface area (Å²) in [7, 11) is 1.97. The number of hydrogen-bond acceptors (Lipinski definition) is 6. The van der Waals surface area contributed by atoms with E-state index >= 15 is 0 Å². The molecule has 33 heavy (non-hydrogen) atoms. The molecule has 1 unspecified atom stereocenters. The molecule has 1 aliphatic carbocycles. The Morgan fingerprint density at radius 3 is 2.85 bits per heavy atom. The number of thiazole rings is 1. The predicted molar refractivity (Wildman–Crippen MR) is 134 cm³/mol. The summed E-state index contributed by atoms with van der Waals surface area (Å²) in [4.78, 5) is 13.9. The zero-order chi connectivity index (χ0) is 22.6. The molecule has 3 aromatic heterocycles. The van der Waals surface area contributed by atoms with Crippen molar-refractivity contribution in [2.45, 2.75) is 51.4 Å². The molecule has 171 valence electrons. The second-order valence-corrected chi connectivity index (χ2v) is 9.54. The van der Waals surface area contributed by atoms with Crippen LogP contribution in [0.15, 0.2) is 43.4 Å². The maximum absolute atomic E-state index is 4.76. The molecule has 0 aliphatic heterocycles. The number of nitrogens with one attached hydrogen (secondary N) is 2. The molecular formula is C25H31N6SY-. The van der Waals surface area contributed by atoms with Crippen molar-refractivity contribution in [2.75, 3.05) is 19.0 Å². The predicted octanol–water partition coefficient (Wildman–Crippen LogP) is 5.73. The third-order valence-electron chi connectivity index (χ3n) is 6.05. The monoisotopic (exact) mass is 536 g/mol. The fourth-order valence-corrected chi connectivity index (χ4v) is 5.25. The molecule has 0 fully saturated rings. The first-order chi connectivity index (χ1) is 15.6. The van der Waals surface area contributed by atoms with Crippen molar-refractivity contribution < 1.29 is 32.7 Å². The summed E-state index contributed by atoms with van der Waals surface area (Å²) in [5.74, 6) is 0. The fraction of sp³-hybridized carbons (Fsp3) is 0.400. The van der Waals surface area contributed by atoms with Gasteiger partial charge in [0.1, 0.15) is 0 Å². The summed E-state index contributed by atoms with van der Waals surface area (Å²) in [5.41, 5.74) is 14.8. The van der Waals surface area contributed by atoms with Crippen molar-refractivity contribution in [2.24, 2.45) is 0 Å². The summed E-state index contributed by atoms with van der Waals surface area (Å²) in [6.07, 6.45) is 12.6. The minimum atomic E-state index is -0.0917. The van der Waals surface area contributed by atoms with E-state index in [4.69, 9.17) is 10.4 Å². The first kappa shape index (κ1) is 25.9. The number of fused-ring (bicyclic) bond motifs is 1. The largest absolute Gasteiger partial charge is 0.588 e. The number of hydrogen-bond donors (Lipinski definition) is 2. The molecule has 3 aromatic rings. The van der Waals surface area contributed by atoms with E-state index in [0.717, 1.165) is 71.2 Å². The number of aromatic nitrogens is 3. The Kier molecular flexibility index (Phi) is 9.16. The molecular weight excluding hydrogens is 505 g/mol. The Bertz CT molecular complexity index is 1100. The molecule has 0 saturated carbocycles. The first-order valence-corrected chi connectivity index (χ1v) is 12.0. The van der Waals surface area contributed by atoms with Gasteiger partial charge < -0.3 is 16.2 Å². The zero-order valence-electron chi connectivity index (χ0n) is 19.7. The average Bonchev–Trinajstić information content (AvgIpc) is 3.48. The maximum Gasteiger partial charge on any atom is 0.0988 e. The van der Waals surface area contributed by atoms with E-state index in [1.807, 2.05) is 37.8 Å². The molecule has 8 heteroatoms. The molecule has 0 aromatic carbocycles. The van der Waals surface area contributed by atoms with Crippen LogP contribution < -0.4 is 10.7 Å². The van der Waals surface area contributed by atoms with Crippen LogP contribution in [0.5, 0.6) is 0 Å². The van der Waals surface area contributed by atoms with E-state index < -0.39 is 0 Å². The number of aryl methyl sites for hydroxylation is 2. The van der Waals surface area contributed by atoms with E-state index in [2.05, 4.69) is 47.2 Å². The van der Waals surface area contributed by atoms with E-state index in [1.165, 1.54) is 11.3 Å². The summed E-state index contributed by atoms with van der Waals surface area (Å²) < 4.78 is 0. The molecule has 4 rings (SSSR count). The quantitative estimate of drug-likeness (QED) is 0.256. The van der Waals surface area contributed by atoms with E-state index in [1.54, 1.807) is 11.3 Å². The minimum absolute atomic E-state index is 0. The number of rotatable bonds is 10. The molecule has 0 spiro atoms. The Balaban J connectivity index is 0.00000306. The van der Waals surface area contributed by atoms with E-state index in [9.17, 15) is 0 Å². The van der Waals surface area contributed by atoms with E-state index in [0.29, 0.717) is 0 Å². The van der Waals surface area contributed by atoms with Crippen molar-refractivity contribution in [3.63, 3.8) is 0 Å². The van der Waals surface area contributed by atoms with Crippen LogP contribution in [0.2, 0.25) is 0 Å². The van der Waals surface area contributed by atoms with Crippen molar-refractivity contribution in [1.29, 1.82) is 0 Å². The summed E-state index contributed by atoms with van der Waals surface area (Å²) in [6.45, 7) is 9.09. The van der Waals surface area contributed by atoms with Gasteiger partial charge in [0, 0.05) is 85.9 Å². The summed E-state index contributed by atoms with van der Waals surface area (Å²) in [5, 5.41) is 5.21. The second kappa shape index (κ2) is 11.6. The van der Waals surface area contributed by atoms with Gasteiger partial charge in [0.15, 0.2) is 0 Å². The molecule has 1 aliphatic rings. The molecule has 1 atom stereocenters. The van der Waals surface area contributed by atoms with Crippen LogP contribution in [0.3, 0.4) is 0 Å². The normalized spacial score (nSPS) is 14.2. The zero-order valence-corrected chi connectivity index (χ0v) is 23.3. The molecule has 0 bridgehead atoms. The number of likely N-dealkylation sites (N-methyl/N-ethyl adjacent to an activating group) is 1. The van der Waals surface area contributed by atoms with Gasteiger partial charge in [-0.25, -0.2) is 0 Å². The Labute approximate surface area is 226 Å². The van der Waals surface area contributed by atoms with Crippen LogP contribution in [-0.2, 0) is 57.4 Å². The van der Waals surface area contributed by atoms with Gasteiger partial charge in [-0.05, 0) is 67.4 Å². The third-order valence-corrected chi connectivity index (χ3v) is 7.25. The number of anilines is 1. The average molecular weight is 537 g/mol. The van der Waals surface area contributed by atoms with Crippen molar-refractivity contribution in [1.82, 2.24) is 20.3 Å². The van der Waals surface area contributed by atoms with Gasteiger partial charge >= 0.3 is 0 Å². The van der Waals surface area contributed by atoms with Crippen molar-refractivity contribution in [3.8, 4) is 11.1 Å². The van der Waals surface area contributed by atoms with Crippen LogP contribution in [0.1, 0.15) is 48.6 Å². The number of pyridine rings is 2. The van der Waals surface area contributed by atoms with Gasteiger partial charge in [0.2, 0.25) is 0 Å². The van der Waals surface area contributed by atoms with Gasteiger partial charge in [0.05, 0.1) is 5.01 Å². The Morgan fingerprint density at radius 1 is 1.24 bits per heavy atom. The van der Waals surface area contributed by atoms with Gasteiger partial charge in [0.25, 0.3) is 0 Å². The smallest absolute Gasteiger partial charge is 0.0988 e. The molecule has 6 nitrogen and oxygen atoms in total. The maximum atomic E-state index is 4.76. The molecule has 0 amide bonds. The second-order valence-electron chi connectivity index (χ2n) is 8.53. The number of allylic oxidation sites excluding steroid dienone is 1. The fourth-order valence-electron chi connectivity index (χ4n) is 4.35. The van der Waals surface area contributed by atoms with Crippen molar-refractivity contribution >= 4 is 22.0 Å². The first-order valence-electron chi connectivity index (χ1n) is 11.2. The van der Waals surface area contributed by atoms with Gasteiger partial charge in [-0.3, -0.25) is 15.0 Å². The van der Waals surface area contributed by atoms with Crippen LogP contribution in [0.4, 0.5) is 10.7 Å². The SMILES string of the molecule is C=CCC(C)(CNC)c1ncc([N-]Nc2c(-c3ccnc(CC)c3)cnc3c2CCC3)s1.[Y]. The van der Waals surface area contributed by atoms with Crippen LogP contribution in [0, 0.1) is 0 Å². The molecule has 0 saturated heterocycles. The molecule has 3 heterocycles. The van der Waals surface area contributed by atoms with Crippen molar-refractivity contribution in [3.05, 3.63) is 70.8 Å². The third kappa shape index (κ3) is 5.71. The van der Waals surface area contributed by atoms with Crippen LogP contribution in [-0.4, -0.2) is 28.5 Å². The molecule has 1 radical (unpaired) electrons. The summed E-state index contributed by atoms with van der Waals surface area (Å²) >= 11 is 1.63. The topological polar surface area (TPSA) is 76.8 Å². The Morgan fingerprint density at radius 2 is 2.09 bits per heavy atom. The molecule has 2 N–H and O–H groups in total.